The number of anilines is 2. The summed E-state index contributed by atoms with van der Waals surface area (Å²) in [7, 11) is 0. The maximum Gasteiger partial charge on any atom is 0.388 e. The lowest BCUT2D eigenvalue weighted by Crippen LogP contribution is -2.31. The fourth-order valence-corrected chi connectivity index (χ4v) is 1.93. The zero-order valence-corrected chi connectivity index (χ0v) is 11.7. The topological polar surface area (TPSA) is 106 Å². The lowest BCUT2D eigenvalue weighted by molar-refractivity contribution is -0.187. The van der Waals surface area contributed by atoms with Crippen molar-refractivity contribution in [1.29, 1.82) is 0 Å². The summed E-state index contributed by atoms with van der Waals surface area (Å²) in [6.07, 6.45) is 0. The lowest BCUT2D eigenvalue weighted by atomic mass is 10.1. The fourth-order valence-electron chi connectivity index (χ4n) is 1.93. The van der Waals surface area contributed by atoms with Gasteiger partial charge in [-0.15, -0.1) is 0 Å². The number of hydrogen-bond acceptors (Lipinski definition) is 6. The van der Waals surface area contributed by atoms with Gasteiger partial charge in [0.05, 0.1) is 22.5 Å². The monoisotopic (exact) mass is 313 g/mol. The van der Waals surface area contributed by atoms with Gasteiger partial charge >= 0.3 is 18.0 Å². The Morgan fingerprint density at radius 3 is 2.39 bits per heavy atom. The molecule has 0 spiro atoms. The first-order valence-electron chi connectivity index (χ1n) is 6.59. The molecule has 23 heavy (non-hydrogen) atoms. The van der Waals surface area contributed by atoms with E-state index in [1.54, 1.807) is 24.3 Å². The normalized spacial score (nSPS) is 12.1. The van der Waals surface area contributed by atoms with Gasteiger partial charge in [0.25, 0.3) is 0 Å². The van der Waals surface area contributed by atoms with Crippen molar-refractivity contribution in [2.24, 2.45) is 0 Å². The molecule has 1 aliphatic heterocycles. The molecule has 0 saturated carbocycles. The molecule has 0 fully saturated rings. The molecule has 8 heteroatoms. The second-order valence-corrected chi connectivity index (χ2v) is 4.57. The highest BCUT2D eigenvalue weighted by molar-refractivity contribution is 6.03. The first-order valence-corrected chi connectivity index (χ1v) is 6.59. The van der Waals surface area contributed by atoms with Gasteiger partial charge in [0.1, 0.15) is 0 Å². The SMILES string of the molecule is O=C1NNc2ccc(C(=O)OOC(=O)c3ccccc3)c(c2)N1. The van der Waals surface area contributed by atoms with Crippen LogP contribution in [0.25, 0.3) is 0 Å². The number of nitrogens with one attached hydrogen (secondary N) is 3. The Kier molecular flexibility index (Phi) is 3.79. The average Bonchev–Trinajstić information content (AvgIpc) is 2.72. The van der Waals surface area contributed by atoms with Crippen molar-refractivity contribution in [1.82, 2.24) is 5.43 Å². The van der Waals surface area contributed by atoms with Gasteiger partial charge in [-0.25, -0.2) is 24.2 Å². The number of carbonyl (C=O) groups is 3. The number of hydrogen-bond donors (Lipinski definition) is 3. The highest BCUT2D eigenvalue weighted by Crippen LogP contribution is 2.23. The van der Waals surface area contributed by atoms with Crippen LogP contribution >= 0.6 is 0 Å². The molecule has 3 N–H and O–H groups in total. The van der Waals surface area contributed by atoms with Crippen molar-refractivity contribution in [2.45, 2.75) is 0 Å². The Hall–Kier alpha value is -3.55. The molecule has 2 amide bonds. The van der Waals surface area contributed by atoms with Gasteiger partial charge in [0, 0.05) is 0 Å². The second-order valence-electron chi connectivity index (χ2n) is 4.57. The van der Waals surface area contributed by atoms with Gasteiger partial charge in [0.2, 0.25) is 0 Å². The van der Waals surface area contributed by atoms with E-state index in [1.165, 1.54) is 24.3 Å². The van der Waals surface area contributed by atoms with Crippen molar-refractivity contribution in [3.8, 4) is 0 Å². The van der Waals surface area contributed by atoms with Crippen LogP contribution < -0.4 is 16.2 Å². The van der Waals surface area contributed by atoms with Crippen molar-refractivity contribution >= 4 is 29.3 Å². The Bertz CT molecular complexity index is 776. The quantitative estimate of drug-likeness (QED) is 0.579. The van der Waals surface area contributed by atoms with E-state index in [1.807, 2.05) is 0 Å². The molecule has 0 unspecified atom stereocenters. The van der Waals surface area contributed by atoms with Crippen molar-refractivity contribution in [3.05, 3.63) is 59.7 Å². The Balaban J connectivity index is 1.70. The molecule has 0 aromatic heterocycles. The van der Waals surface area contributed by atoms with Gasteiger partial charge in [-0.05, 0) is 30.3 Å². The van der Waals surface area contributed by atoms with Crippen molar-refractivity contribution in [2.75, 3.05) is 10.7 Å². The van der Waals surface area contributed by atoms with Crippen LogP contribution in [-0.4, -0.2) is 18.0 Å². The highest BCUT2D eigenvalue weighted by Gasteiger charge is 2.20. The largest absolute Gasteiger partial charge is 0.388 e. The average molecular weight is 313 g/mol. The fraction of sp³-hybridized carbons (Fsp3) is 0. The van der Waals surface area contributed by atoms with E-state index in [0.29, 0.717) is 5.69 Å². The molecule has 1 heterocycles. The molecule has 3 rings (SSSR count). The number of fused-ring (bicyclic) bond motifs is 2. The van der Waals surface area contributed by atoms with Crippen LogP contribution in [0.15, 0.2) is 48.5 Å². The van der Waals surface area contributed by atoms with Gasteiger partial charge in [0.15, 0.2) is 0 Å². The van der Waals surface area contributed by atoms with Crippen LogP contribution in [0.2, 0.25) is 0 Å². The Morgan fingerprint density at radius 2 is 1.61 bits per heavy atom. The smallest absolute Gasteiger partial charge is 0.306 e. The highest BCUT2D eigenvalue weighted by atomic mass is 17.2. The molecule has 1 aliphatic rings. The van der Waals surface area contributed by atoms with E-state index in [0.717, 1.165) is 0 Å². The first kappa shape index (κ1) is 14.4. The number of amides is 2. The summed E-state index contributed by atoms with van der Waals surface area (Å²) < 4.78 is 0. The standard InChI is InChI=1S/C15H11N3O5/c19-13(9-4-2-1-3-5-9)22-23-14(20)11-7-6-10-8-12(11)16-15(21)18-17-10/h1-8,17H,(H2,16,18,21). The second kappa shape index (κ2) is 6.06. The summed E-state index contributed by atoms with van der Waals surface area (Å²) in [4.78, 5) is 44.2. The minimum Gasteiger partial charge on any atom is -0.306 e. The van der Waals surface area contributed by atoms with E-state index < -0.39 is 18.0 Å². The minimum absolute atomic E-state index is 0.0495. The molecule has 116 valence electrons. The number of hydrazine groups is 1. The summed E-state index contributed by atoms with van der Waals surface area (Å²) >= 11 is 0. The molecule has 0 radical (unpaired) electrons. The maximum absolute atomic E-state index is 12.0. The molecule has 0 aliphatic carbocycles. The van der Waals surface area contributed by atoms with Crippen LogP contribution in [0.5, 0.6) is 0 Å². The predicted molar refractivity (Wildman–Crippen MR) is 79.5 cm³/mol. The molecule has 2 aromatic rings. The molecule has 0 saturated heterocycles. The van der Waals surface area contributed by atoms with Gasteiger partial charge in [-0.1, -0.05) is 18.2 Å². The minimum atomic E-state index is -0.905. The Labute approximate surface area is 130 Å². The third-order valence-electron chi connectivity index (χ3n) is 3.01. The van der Waals surface area contributed by atoms with Gasteiger partial charge in [-0.2, -0.15) is 0 Å². The van der Waals surface area contributed by atoms with Crippen molar-refractivity contribution in [3.63, 3.8) is 0 Å². The van der Waals surface area contributed by atoms with Crippen molar-refractivity contribution < 1.29 is 24.2 Å². The predicted octanol–water partition coefficient (Wildman–Crippen LogP) is 2.08. The molecule has 2 bridgehead atoms. The lowest BCUT2D eigenvalue weighted by Gasteiger charge is -2.07. The van der Waals surface area contributed by atoms with E-state index in [9.17, 15) is 14.4 Å². The van der Waals surface area contributed by atoms with E-state index in [4.69, 9.17) is 0 Å². The van der Waals surface area contributed by atoms with Crippen LogP contribution in [0.3, 0.4) is 0 Å². The molecule has 2 aromatic carbocycles. The van der Waals surface area contributed by atoms with Gasteiger partial charge < -0.3 is 5.32 Å². The Morgan fingerprint density at radius 1 is 0.870 bits per heavy atom. The zero-order chi connectivity index (χ0) is 16.2. The molecule has 8 nitrogen and oxygen atoms in total. The number of carbonyl (C=O) groups excluding carboxylic acids is 3. The van der Waals surface area contributed by atoms with Crippen LogP contribution in [0.1, 0.15) is 20.7 Å². The third-order valence-corrected chi connectivity index (χ3v) is 3.01. The van der Waals surface area contributed by atoms with E-state index in [2.05, 4.69) is 25.9 Å². The van der Waals surface area contributed by atoms with Crippen LogP contribution in [0.4, 0.5) is 16.2 Å². The third kappa shape index (κ3) is 3.21. The molecular weight excluding hydrogens is 302 g/mol. The summed E-state index contributed by atoms with van der Waals surface area (Å²) in [6.45, 7) is 0. The summed E-state index contributed by atoms with van der Waals surface area (Å²) in [5.74, 6) is -1.70. The molecule has 0 atom stereocenters. The molecular formula is C15H11N3O5. The van der Waals surface area contributed by atoms with E-state index in [-0.39, 0.29) is 16.8 Å². The zero-order valence-electron chi connectivity index (χ0n) is 11.7. The first-order chi connectivity index (χ1) is 11.1. The van der Waals surface area contributed by atoms with E-state index >= 15 is 0 Å². The summed E-state index contributed by atoms with van der Waals surface area (Å²) in [6, 6.07) is 12.1. The number of urea groups is 1. The summed E-state index contributed by atoms with van der Waals surface area (Å²) in [5, 5.41) is 2.46. The van der Waals surface area contributed by atoms with Crippen LogP contribution in [-0.2, 0) is 9.78 Å². The maximum atomic E-state index is 12.0. The van der Waals surface area contributed by atoms with Gasteiger partial charge in [-0.3, -0.25) is 10.9 Å². The summed E-state index contributed by atoms with van der Waals surface area (Å²) in [5.41, 5.74) is 6.09. The number of rotatable bonds is 2. The number of benzene rings is 2. The van der Waals surface area contributed by atoms with Crippen LogP contribution in [0, 0.1) is 0 Å².